The predicted molar refractivity (Wildman–Crippen MR) is 91.5 cm³/mol. The van der Waals surface area contributed by atoms with E-state index in [-0.39, 0.29) is 13.2 Å². The van der Waals surface area contributed by atoms with E-state index in [0.717, 1.165) is 22.6 Å². The highest BCUT2D eigenvalue weighted by atomic mass is 16.5. The zero-order valence-electron chi connectivity index (χ0n) is 13.5. The Kier molecular flexibility index (Phi) is 4.93. The van der Waals surface area contributed by atoms with Crippen LogP contribution in [0, 0.1) is 0 Å². The Bertz CT molecular complexity index is 782. The van der Waals surface area contributed by atoms with Gasteiger partial charge in [0.2, 0.25) is 0 Å². The molecule has 1 unspecified atom stereocenters. The summed E-state index contributed by atoms with van der Waals surface area (Å²) in [5, 5.41) is 24.5. The number of aromatic nitrogens is 2. The zero-order chi connectivity index (χ0) is 16.9. The maximum absolute atomic E-state index is 10.4. The normalized spacial score (nSPS) is 12.1. The highest BCUT2D eigenvalue weighted by Gasteiger charge is 2.14. The molecule has 3 aromatic rings. The van der Waals surface area contributed by atoms with Crippen LogP contribution < -0.4 is 4.74 Å². The number of rotatable bonds is 6. The fraction of sp³-hybridized carbons (Fsp3) is 0.211. The van der Waals surface area contributed by atoms with E-state index >= 15 is 0 Å². The highest BCUT2D eigenvalue weighted by Crippen LogP contribution is 2.23. The molecule has 124 valence electrons. The summed E-state index contributed by atoms with van der Waals surface area (Å²) in [7, 11) is 1.62. The Morgan fingerprint density at radius 2 is 1.79 bits per heavy atom. The molecule has 0 aliphatic heterocycles. The standard InChI is InChI=1S/C19H20N2O3/c1-24-17-9-7-14(8-10-17)18-11-16(13-22)21(20-18)12-19(23)15-5-3-2-4-6-15/h2-11,19,22-23H,12-13H2,1H3. The van der Waals surface area contributed by atoms with Crippen LogP contribution in [-0.2, 0) is 13.2 Å². The summed E-state index contributed by atoms with van der Waals surface area (Å²) in [6.45, 7) is 0.153. The van der Waals surface area contributed by atoms with E-state index in [0.29, 0.717) is 5.69 Å². The van der Waals surface area contributed by atoms with Crippen LogP contribution in [-0.4, -0.2) is 27.1 Å². The summed E-state index contributed by atoms with van der Waals surface area (Å²) in [6.07, 6.45) is -0.680. The number of benzene rings is 2. The molecule has 1 aromatic heterocycles. The van der Waals surface area contributed by atoms with E-state index in [1.807, 2.05) is 60.7 Å². The molecular formula is C19H20N2O3. The zero-order valence-corrected chi connectivity index (χ0v) is 13.5. The fourth-order valence-corrected chi connectivity index (χ4v) is 2.59. The Morgan fingerprint density at radius 1 is 1.08 bits per heavy atom. The van der Waals surface area contributed by atoms with Crippen molar-refractivity contribution < 1.29 is 14.9 Å². The Morgan fingerprint density at radius 3 is 2.42 bits per heavy atom. The van der Waals surface area contributed by atoms with Crippen molar-refractivity contribution in [2.24, 2.45) is 0 Å². The summed E-state index contributed by atoms with van der Waals surface area (Å²) in [5.41, 5.74) is 3.17. The van der Waals surface area contributed by atoms with Gasteiger partial charge in [0.05, 0.1) is 37.8 Å². The third-order valence-electron chi connectivity index (χ3n) is 3.94. The second kappa shape index (κ2) is 7.29. The van der Waals surface area contributed by atoms with Crippen LogP contribution in [0.15, 0.2) is 60.7 Å². The molecule has 5 nitrogen and oxygen atoms in total. The maximum Gasteiger partial charge on any atom is 0.118 e. The smallest absolute Gasteiger partial charge is 0.118 e. The van der Waals surface area contributed by atoms with Crippen LogP contribution in [0.2, 0.25) is 0 Å². The molecule has 0 bridgehead atoms. The first-order valence-electron chi connectivity index (χ1n) is 7.76. The molecule has 0 aliphatic rings. The lowest BCUT2D eigenvalue weighted by Gasteiger charge is -2.12. The van der Waals surface area contributed by atoms with Gasteiger partial charge in [-0.15, -0.1) is 0 Å². The summed E-state index contributed by atoms with van der Waals surface area (Å²) in [4.78, 5) is 0. The molecule has 2 aromatic carbocycles. The van der Waals surface area contributed by atoms with Crippen molar-refractivity contribution in [2.75, 3.05) is 7.11 Å². The van der Waals surface area contributed by atoms with Crippen molar-refractivity contribution in [3.05, 3.63) is 71.9 Å². The molecule has 24 heavy (non-hydrogen) atoms. The molecule has 0 radical (unpaired) electrons. The van der Waals surface area contributed by atoms with Crippen molar-refractivity contribution in [1.82, 2.24) is 9.78 Å². The van der Waals surface area contributed by atoms with Crippen LogP contribution in [0.1, 0.15) is 17.4 Å². The first kappa shape index (κ1) is 16.2. The minimum atomic E-state index is -0.680. The van der Waals surface area contributed by atoms with E-state index in [1.165, 1.54) is 0 Å². The molecule has 0 aliphatic carbocycles. The molecule has 3 rings (SSSR count). The van der Waals surface area contributed by atoms with Gasteiger partial charge in [-0.2, -0.15) is 5.10 Å². The van der Waals surface area contributed by atoms with Gasteiger partial charge in [-0.25, -0.2) is 0 Å². The molecular weight excluding hydrogens is 304 g/mol. The van der Waals surface area contributed by atoms with Crippen LogP contribution in [0.3, 0.4) is 0 Å². The number of methoxy groups -OCH3 is 1. The molecule has 0 spiro atoms. The second-order valence-electron chi connectivity index (χ2n) is 5.52. The van der Waals surface area contributed by atoms with Crippen LogP contribution in [0.25, 0.3) is 11.3 Å². The number of nitrogens with zero attached hydrogens (tertiary/aromatic N) is 2. The van der Waals surface area contributed by atoms with E-state index < -0.39 is 6.10 Å². The minimum absolute atomic E-state index is 0.134. The van der Waals surface area contributed by atoms with Gasteiger partial charge in [0.15, 0.2) is 0 Å². The SMILES string of the molecule is COc1ccc(-c2cc(CO)n(CC(O)c3ccccc3)n2)cc1. The number of aliphatic hydroxyl groups excluding tert-OH is 2. The van der Waals surface area contributed by atoms with Crippen molar-refractivity contribution in [3.63, 3.8) is 0 Å². The number of hydrogen-bond acceptors (Lipinski definition) is 4. The van der Waals surface area contributed by atoms with Gasteiger partial charge < -0.3 is 14.9 Å². The average molecular weight is 324 g/mol. The molecule has 0 fully saturated rings. The predicted octanol–water partition coefficient (Wildman–Crippen LogP) is 2.78. The summed E-state index contributed by atoms with van der Waals surface area (Å²) in [6, 6.07) is 18.8. The third-order valence-corrected chi connectivity index (χ3v) is 3.94. The molecule has 5 heteroatoms. The van der Waals surface area contributed by atoms with E-state index in [1.54, 1.807) is 11.8 Å². The van der Waals surface area contributed by atoms with Crippen molar-refractivity contribution in [1.29, 1.82) is 0 Å². The Hall–Kier alpha value is -2.63. The first-order valence-corrected chi connectivity index (χ1v) is 7.76. The number of ether oxygens (including phenoxy) is 1. The van der Waals surface area contributed by atoms with E-state index in [2.05, 4.69) is 5.10 Å². The van der Waals surface area contributed by atoms with Crippen molar-refractivity contribution in [3.8, 4) is 17.0 Å². The van der Waals surface area contributed by atoms with Gasteiger partial charge in [-0.3, -0.25) is 4.68 Å². The van der Waals surface area contributed by atoms with Gasteiger partial charge in [-0.1, -0.05) is 30.3 Å². The van der Waals surface area contributed by atoms with Crippen molar-refractivity contribution >= 4 is 0 Å². The topological polar surface area (TPSA) is 67.5 Å². The first-order chi connectivity index (χ1) is 11.7. The Labute approximate surface area is 140 Å². The second-order valence-corrected chi connectivity index (χ2v) is 5.52. The molecule has 1 heterocycles. The number of hydrogen-bond donors (Lipinski definition) is 2. The lowest BCUT2D eigenvalue weighted by molar-refractivity contribution is 0.147. The third kappa shape index (κ3) is 3.48. The van der Waals surface area contributed by atoms with Crippen molar-refractivity contribution in [2.45, 2.75) is 19.3 Å². The van der Waals surface area contributed by atoms with Gasteiger partial charge in [-0.05, 0) is 35.9 Å². The summed E-state index contributed by atoms with van der Waals surface area (Å²) >= 11 is 0. The minimum Gasteiger partial charge on any atom is -0.497 e. The quantitative estimate of drug-likeness (QED) is 0.732. The van der Waals surface area contributed by atoms with Gasteiger partial charge in [0.1, 0.15) is 5.75 Å². The lowest BCUT2D eigenvalue weighted by atomic mass is 10.1. The van der Waals surface area contributed by atoms with E-state index in [9.17, 15) is 10.2 Å². The van der Waals surface area contributed by atoms with Gasteiger partial charge in [0.25, 0.3) is 0 Å². The fourth-order valence-electron chi connectivity index (χ4n) is 2.59. The molecule has 2 N–H and O–H groups in total. The lowest BCUT2D eigenvalue weighted by Crippen LogP contribution is -2.12. The van der Waals surface area contributed by atoms with Crippen LogP contribution in [0.5, 0.6) is 5.75 Å². The summed E-state index contributed by atoms with van der Waals surface area (Å²) in [5.74, 6) is 0.778. The summed E-state index contributed by atoms with van der Waals surface area (Å²) < 4.78 is 6.81. The molecule has 0 amide bonds. The monoisotopic (exact) mass is 324 g/mol. The highest BCUT2D eigenvalue weighted by molar-refractivity contribution is 5.60. The number of aliphatic hydroxyl groups is 2. The van der Waals surface area contributed by atoms with Crippen LogP contribution >= 0.6 is 0 Å². The van der Waals surface area contributed by atoms with E-state index in [4.69, 9.17) is 4.74 Å². The molecule has 0 saturated carbocycles. The Balaban J connectivity index is 1.84. The molecule has 1 atom stereocenters. The van der Waals surface area contributed by atoms with Crippen LogP contribution in [0.4, 0.5) is 0 Å². The average Bonchev–Trinajstić information content (AvgIpc) is 3.05. The largest absolute Gasteiger partial charge is 0.497 e. The van der Waals surface area contributed by atoms with Gasteiger partial charge in [0, 0.05) is 5.56 Å². The molecule has 0 saturated heterocycles. The maximum atomic E-state index is 10.4. The van der Waals surface area contributed by atoms with Gasteiger partial charge >= 0.3 is 0 Å².